The lowest BCUT2D eigenvalue weighted by Crippen LogP contribution is -2.12. The monoisotopic (exact) mass is 1000 g/mol. The van der Waals surface area contributed by atoms with Gasteiger partial charge >= 0.3 is 0 Å². The van der Waals surface area contributed by atoms with Crippen LogP contribution in [0.2, 0.25) is 0 Å². The van der Waals surface area contributed by atoms with Crippen LogP contribution >= 0.6 is 0 Å². The molecule has 18 rings (SSSR count). The van der Waals surface area contributed by atoms with Crippen molar-refractivity contribution in [2.75, 3.05) is 0 Å². The molecule has 0 spiro atoms. The number of furan rings is 1. The van der Waals surface area contributed by atoms with Crippen molar-refractivity contribution in [1.29, 1.82) is 5.26 Å². The number of hydrogen-bond acceptors (Lipinski definition) is 2. The standard InChI is InChI=1S/C73H41N5O/c74-42-57-68-66(56-34-17-30-51-49-26-8-14-39-62(49)78(68)67(51)56)70(76-60-37-12-6-24-47(60)48-25-7-13-38-61(48)76)71(69(57)75-58-35-10-4-22-45(58)46-23-5-11-36-59(46)75)77-63-40-15-9-27-55(63)65-50(29-19-41-64(65)77)52-31-18-33-54-53-32-16-28-44(72(53)79-73(52)54)43-20-2-1-3-21-43/h1-41H. The third-order valence-corrected chi connectivity index (χ3v) is 17.1. The average molecular weight is 1000 g/mol. The summed E-state index contributed by atoms with van der Waals surface area (Å²) in [6, 6.07) is 92.4. The first-order valence-electron chi connectivity index (χ1n) is 26.9. The number of hydrogen-bond donors (Lipinski definition) is 0. The number of fused-ring (bicyclic) bond motifs is 18. The molecule has 0 bridgehead atoms. The predicted molar refractivity (Wildman–Crippen MR) is 327 cm³/mol. The van der Waals surface area contributed by atoms with Crippen LogP contribution in [0.1, 0.15) is 5.56 Å². The van der Waals surface area contributed by atoms with E-state index in [0.29, 0.717) is 5.56 Å². The van der Waals surface area contributed by atoms with E-state index in [1.165, 1.54) is 0 Å². The maximum Gasteiger partial charge on any atom is 0.143 e. The summed E-state index contributed by atoms with van der Waals surface area (Å²) < 4.78 is 17.0. The van der Waals surface area contributed by atoms with Gasteiger partial charge in [-0.15, -0.1) is 0 Å². The fourth-order valence-corrected chi connectivity index (χ4v) is 14.1. The minimum atomic E-state index is 0.586. The van der Waals surface area contributed by atoms with Gasteiger partial charge in [-0.3, -0.25) is 0 Å². The van der Waals surface area contributed by atoms with Gasteiger partial charge in [-0.05, 0) is 53.6 Å². The molecule has 79 heavy (non-hydrogen) atoms. The molecule has 0 unspecified atom stereocenters. The number of aromatic nitrogens is 4. The molecule has 6 heterocycles. The van der Waals surface area contributed by atoms with Crippen molar-refractivity contribution >= 4 is 125 Å². The molecule has 0 N–H and O–H groups in total. The Kier molecular flexibility index (Phi) is 8.37. The second-order valence-corrected chi connectivity index (χ2v) is 20.9. The van der Waals surface area contributed by atoms with Crippen LogP contribution in [0.25, 0.3) is 165 Å². The van der Waals surface area contributed by atoms with E-state index < -0.39 is 0 Å². The van der Waals surface area contributed by atoms with E-state index in [1.54, 1.807) is 0 Å². The molecular weight excluding hydrogens is 963 g/mol. The molecular formula is C73H41N5O. The van der Waals surface area contributed by atoms with E-state index in [9.17, 15) is 5.26 Å². The molecule has 364 valence electrons. The van der Waals surface area contributed by atoms with E-state index in [-0.39, 0.29) is 0 Å². The van der Waals surface area contributed by atoms with Gasteiger partial charge in [0, 0.05) is 75.8 Å². The van der Waals surface area contributed by atoms with Crippen molar-refractivity contribution in [2.45, 2.75) is 0 Å². The quantitative estimate of drug-likeness (QED) is 0.172. The van der Waals surface area contributed by atoms with Crippen LogP contribution in [0.3, 0.4) is 0 Å². The van der Waals surface area contributed by atoms with Crippen LogP contribution in [-0.4, -0.2) is 18.1 Å². The summed E-state index contributed by atoms with van der Waals surface area (Å²) in [5.74, 6) is 0. The highest BCUT2D eigenvalue weighted by atomic mass is 16.3. The van der Waals surface area contributed by atoms with Crippen molar-refractivity contribution in [3.63, 3.8) is 0 Å². The zero-order chi connectivity index (χ0) is 51.6. The lowest BCUT2D eigenvalue weighted by Gasteiger charge is -2.25. The highest BCUT2D eigenvalue weighted by molar-refractivity contribution is 6.29. The Morgan fingerprint density at radius 1 is 0.278 bits per heavy atom. The molecule has 18 aromatic rings. The number of rotatable bonds is 5. The Balaban J connectivity index is 1.10. The number of para-hydroxylation sites is 9. The molecule has 6 nitrogen and oxygen atoms in total. The van der Waals surface area contributed by atoms with Gasteiger partial charge in [-0.2, -0.15) is 5.26 Å². The fraction of sp³-hybridized carbons (Fsp3) is 0. The summed E-state index contributed by atoms with van der Waals surface area (Å²) in [5, 5.41) is 25.8. The third-order valence-electron chi connectivity index (χ3n) is 17.1. The molecule has 12 aromatic carbocycles. The van der Waals surface area contributed by atoms with Crippen molar-refractivity contribution in [3.05, 3.63) is 254 Å². The molecule has 0 fully saturated rings. The number of nitriles is 1. The van der Waals surface area contributed by atoms with Crippen molar-refractivity contribution in [2.24, 2.45) is 0 Å². The predicted octanol–water partition coefficient (Wildman–Crippen LogP) is 19.2. The summed E-state index contributed by atoms with van der Waals surface area (Å²) in [6.45, 7) is 0. The van der Waals surface area contributed by atoms with Crippen LogP contribution in [0.5, 0.6) is 0 Å². The van der Waals surface area contributed by atoms with Gasteiger partial charge in [-0.1, -0.05) is 206 Å². The largest absolute Gasteiger partial charge is 0.455 e. The van der Waals surface area contributed by atoms with Gasteiger partial charge in [0.25, 0.3) is 0 Å². The van der Waals surface area contributed by atoms with Crippen molar-refractivity contribution in [1.82, 2.24) is 18.1 Å². The van der Waals surface area contributed by atoms with E-state index in [4.69, 9.17) is 4.42 Å². The molecule has 0 radical (unpaired) electrons. The van der Waals surface area contributed by atoms with Gasteiger partial charge < -0.3 is 22.5 Å². The Hall–Kier alpha value is -10.9. The van der Waals surface area contributed by atoms with E-state index in [0.717, 1.165) is 165 Å². The molecule has 0 atom stereocenters. The van der Waals surface area contributed by atoms with Gasteiger partial charge in [-0.25, -0.2) is 0 Å². The highest BCUT2D eigenvalue weighted by Crippen LogP contribution is 2.53. The molecule has 0 saturated carbocycles. The average Bonchev–Trinajstić information content (AvgIpc) is 3.40. The van der Waals surface area contributed by atoms with Crippen molar-refractivity contribution in [3.8, 4) is 45.4 Å². The van der Waals surface area contributed by atoms with Gasteiger partial charge in [0.1, 0.15) is 22.8 Å². The first kappa shape index (κ1) is 42.4. The number of benzene rings is 12. The minimum absolute atomic E-state index is 0.586. The number of nitrogens with zero attached hydrogens (tertiary/aromatic N) is 5. The summed E-state index contributed by atoms with van der Waals surface area (Å²) >= 11 is 0. The Bertz CT molecular complexity index is 5590. The van der Waals surface area contributed by atoms with Crippen LogP contribution in [-0.2, 0) is 0 Å². The fourth-order valence-electron chi connectivity index (χ4n) is 14.1. The first-order valence-corrected chi connectivity index (χ1v) is 26.9. The topological polar surface area (TPSA) is 56.1 Å². The molecule has 6 aromatic heterocycles. The summed E-state index contributed by atoms with van der Waals surface area (Å²) in [7, 11) is 0. The van der Waals surface area contributed by atoms with E-state index >= 15 is 0 Å². The Morgan fingerprint density at radius 3 is 1.29 bits per heavy atom. The normalized spacial score (nSPS) is 12.3. The van der Waals surface area contributed by atoms with Gasteiger partial charge in [0.05, 0.1) is 66.7 Å². The minimum Gasteiger partial charge on any atom is -0.455 e. The molecule has 0 aliphatic rings. The summed E-state index contributed by atoms with van der Waals surface area (Å²) in [6.07, 6.45) is 0. The molecule has 0 amide bonds. The van der Waals surface area contributed by atoms with Crippen LogP contribution in [0.4, 0.5) is 0 Å². The zero-order valence-corrected chi connectivity index (χ0v) is 42.3. The lowest BCUT2D eigenvalue weighted by atomic mass is 9.97. The third kappa shape index (κ3) is 5.42. The first-order chi connectivity index (χ1) is 39.2. The van der Waals surface area contributed by atoms with Crippen LogP contribution < -0.4 is 0 Å². The summed E-state index contributed by atoms with van der Waals surface area (Å²) in [4.78, 5) is 0. The SMILES string of the molecule is N#Cc1c(-n2c3ccccc3c3ccccc32)c(-n2c3ccccc3c3c(-c4cccc5c4oc4c(-c6ccccc6)cccc45)cccc32)c(-n2c3ccccc3c3ccccc32)c2c3cccc4c5ccccc5n(c12)c43. The molecule has 0 saturated heterocycles. The van der Waals surface area contributed by atoms with E-state index in [1.807, 2.05) is 0 Å². The second kappa shape index (κ2) is 15.6. The Labute approximate surface area is 450 Å². The highest BCUT2D eigenvalue weighted by Gasteiger charge is 2.34. The Morgan fingerprint density at radius 2 is 0.684 bits per heavy atom. The zero-order valence-electron chi connectivity index (χ0n) is 42.3. The lowest BCUT2D eigenvalue weighted by molar-refractivity contribution is 0.671. The second-order valence-electron chi connectivity index (χ2n) is 20.9. The molecule has 0 aliphatic heterocycles. The van der Waals surface area contributed by atoms with Gasteiger partial charge in [0.15, 0.2) is 0 Å². The van der Waals surface area contributed by atoms with Crippen LogP contribution in [0.15, 0.2) is 253 Å². The maximum absolute atomic E-state index is 12.5. The van der Waals surface area contributed by atoms with Crippen LogP contribution in [0, 0.1) is 11.3 Å². The van der Waals surface area contributed by atoms with E-state index in [2.05, 4.69) is 273 Å². The van der Waals surface area contributed by atoms with Gasteiger partial charge in [0.2, 0.25) is 0 Å². The molecule has 0 aliphatic carbocycles. The maximum atomic E-state index is 12.5. The molecule has 6 heteroatoms. The van der Waals surface area contributed by atoms with Crippen molar-refractivity contribution < 1.29 is 4.42 Å². The summed E-state index contributed by atoms with van der Waals surface area (Å²) in [5.41, 5.74) is 18.5. The smallest absolute Gasteiger partial charge is 0.143 e.